The zero-order valence-corrected chi connectivity index (χ0v) is 14.1. The smallest absolute Gasteiger partial charge is 0.308 e. The number of carboxylic acid groups (broad SMARTS) is 1. The van der Waals surface area contributed by atoms with Crippen molar-refractivity contribution in [1.29, 1.82) is 0 Å². The van der Waals surface area contributed by atoms with E-state index in [4.69, 9.17) is 14.6 Å². The number of aliphatic carboxylic acids is 1. The molecule has 0 spiro atoms. The summed E-state index contributed by atoms with van der Waals surface area (Å²) < 4.78 is 9.98. The monoisotopic (exact) mass is 351 g/mol. The van der Waals surface area contributed by atoms with Crippen molar-refractivity contribution in [2.75, 3.05) is 6.61 Å². The first-order valence-electron chi connectivity index (χ1n) is 7.68. The number of carbonyl (C=O) groups is 4. The van der Waals surface area contributed by atoms with Gasteiger partial charge >= 0.3 is 17.9 Å². The number of rotatable bonds is 9. The second-order valence-corrected chi connectivity index (χ2v) is 5.41. The van der Waals surface area contributed by atoms with E-state index in [1.807, 2.05) is 0 Å². The molecule has 1 amide bonds. The number of hydrogen-bond donors (Lipinski definition) is 2. The molecule has 0 saturated heterocycles. The second-order valence-electron chi connectivity index (χ2n) is 5.41. The van der Waals surface area contributed by atoms with Gasteiger partial charge in [-0.15, -0.1) is 0 Å². The Bertz CT molecular complexity index is 608. The summed E-state index contributed by atoms with van der Waals surface area (Å²) in [4.78, 5) is 44.3. The fourth-order valence-corrected chi connectivity index (χ4v) is 2.11. The number of esters is 2. The number of carbonyl (C=O) groups excluding carboxylic acids is 3. The van der Waals surface area contributed by atoms with Gasteiger partial charge in [-0.2, -0.15) is 0 Å². The van der Waals surface area contributed by atoms with E-state index in [0.717, 1.165) is 5.56 Å². The summed E-state index contributed by atoms with van der Waals surface area (Å²) in [6.07, 6.45) is -0.112. The van der Waals surface area contributed by atoms with E-state index in [2.05, 4.69) is 5.32 Å². The number of nitrogens with one attached hydrogen (secondary N) is 1. The number of amides is 1. The minimum Gasteiger partial charge on any atom is -0.481 e. The molecule has 8 nitrogen and oxygen atoms in total. The Hall–Kier alpha value is -2.90. The topological polar surface area (TPSA) is 119 Å². The average molecular weight is 351 g/mol. The molecule has 1 aromatic carbocycles. The fraction of sp³-hybridized carbons (Fsp3) is 0.412. The minimum absolute atomic E-state index is 0.117. The molecule has 1 rings (SSSR count). The summed E-state index contributed by atoms with van der Waals surface area (Å²) in [5.74, 6) is -2.08. The van der Waals surface area contributed by atoms with E-state index in [9.17, 15) is 19.2 Å². The van der Waals surface area contributed by atoms with Crippen LogP contribution in [0.4, 0.5) is 0 Å². The molecule has 0 aliphatic rings. The van der Waals surface area contributed by atoms with Crippen LogP contribution in [0, 0.1) is 0 Å². The predicted molar refractivity (Wildman–Crippen MR) is 86.9 cm³/mol. The van der Waals surface area contributed by atoms with Crippen LogP contribution in [0.25, 0.3) is 0 Å². The molecule has 0 aliphatic heterocycles. The van der Waals surface area contributed by atoms with E-state index in [1.165, 1.54) is 13.8 Å². The Morgan fingerprint density at radius 1 is 1.08 bits per heavy atom. The highest BCUT2D eigenvalue weighted by Gasteiger charge is 2.19. The van der Waals surface area contributed by atoms with Crippen molar-refractivity contribution >= 4 is 23.8 Å². The van der Waals surface area contributed by atoms with Gasteiger partial charge in [-0.25, -0.2) is 0 Å². The van der Waals surface area contributed by atoms with Crippen molar-refractivity contribution in [2.24, 2.45) is 0 Å². The van der Waals surface area contributed by atoms with Crippen molar-refractivity contribution in [3.8, 4) is 5.75 Å². The molecule has 0 bridgehead atoms. The summed E-state index contributed by atoms with van der Waals surface area (Å²) in [7, 11) is 0. The molecule has 1 aromatic rings. The average Bonchev–Trinajstić information content (AvgIpc) is 2.47. The van der Waals surface area contributed by atoms with Crippen molar-refractivity contribution in [3.05, 3.63) is 29.8 Å². The van der Waals surface area contributed by atoms with Crippen molar-refractivity contribution in [2.45, 2.75) is 39.2 Å². The summed E-state index contributed by atoms with van der Waals surface area (Å²) in [6.45, 7) is 2.68. The lowest BCUT2D eigenvalue weighted by Gasteiger charge is -2.15. The quantitative estimate of drug-likeness (QED) is 0.504. The van der Waals surface area contributed by atoms with E-state index in [0.29, 0.717) is 12.2 Å². The second kappa shape index (κ2) is 10.1. The third-order valence-corrected chi connectivity index (χ3v) is 3.08. The molecular weight excluding hydrogens is 330 g/mol. The van der Waals surface area contributed by atoms with Crippen molar-refractivity contribution in [1.82, 2.24) is 5.32 Å². The van der Waals surface area contributed by atoms with Gasteiger partial charge in [-0.3, -0.25) is 19.2 Å². The normalized spacial score (nSPS) is 11.3. The molecule has 0 heterocycles. The SMILES string of the molecule is CC(=O)NC(CC(=O)O)CC(=O)OCCc1ccc(OC(C)=O)cc1. The number of hydrogen-bond acceptors (Lipinski definition) is 6. The van der Waals surface area contributed by atoms with Crippen LogP contribution in [0.2, 0.25) is 0 Å². The Kier molecular flexibility index (Phi) is 8.11. The maximum absolute atomic E-state index is 11.8. The molecule has 0 radical (unpaired) electrons. The lowest BCUT2D eigenvalue weighted by molar-refractivity contribution is -0.145. The zero-order chi connectivity index (χ0) is 18.8. The lowest BCUT2D eigenvalue weighted by Crippen LogP contribution is -2.37. The molecule has 1 atom stereocenters. The molecule has 0 aromatic heterocycles. The number of carboxylic acids is 1. The van der Waals surface area contributed by atoms with Crippen LogP contribution in [0.3, 0.4) is 0 Å². The first kappa shape index (κ1) is 20.1. The number of ether oxygens (including phenoxy) is 2. The van der Waals surface area contributed by atoms with Crippen LogP contribution in [-0.2, 0) is 30.3 Å². The van der Waals surface area contributed by atoms with Crippen LogP contribution in [0.5, 0.6) is 5.75 Å². The van der Waals surface area contributed by atoms with Gasteiger partial charge in [-0.1, -0.05) is 12.1 Å². The fourth-order valence-electron chi connectivity index (χ4n) is 2.11. The van der Waals surface area contributed by atoms with Crippen LogP contribution in [0.15, 0.2) is 24.3 Å². The van der Waals surface area contributed by atoms with Gasteiger partial charge in [0.2, 0.25) is 5.91 Å². The third kappa shape index (κ3) is 9.09. The summed E-state index contributed by atoms with van der Waals surface area (Å²) in [5.41, 5.74) is 0.882. The maximum atomic E-state index is 11.8. The van der Waals surface area contributed by atoms with Crippen LogP contribution >= 0.6 is 0 Å². The van der Waals surface area contributed by atoms with Gasteiger partial charge in [0.25, 0.3) is 0 Å². The van der Waals surface area contributed by atoms with Crippen LogP contribution in [0.1, 0.15) is 32.3 Å². The number of benzene rings is 1. The molecule has 0 fully saturated rings. The summed E-state index contributed by atoms with van der Waals surface area (Å²) in [6, 6.07) is 5.97. The highest BCUT2D eigenvalue weighted by Crippen LogP contribution is 2.13. The third-order valence-electron chi connectivity index (χ3n) is 3.08. The largest absolute Gasteiger partial charge is 0.481 e. The zero-order valence-electron chi connectivity index (χ0n) is 14.1. The van der Waals surface area contributed by atoms with Crippen molar-refractivity contribution in [3.63, 3.8) is 0 Å². The molecule has 2 N–H and O–H groups in total. The molecule has 8 heteroatoms. The summed E-state index contributed by atoms with van der Waals surface area (Å²) >= 11 is 0. The van der Waals surface area contributed by atoms with Gasteiger partial charge in [-0.05, 0) is 17.7 Å². The molecule has 0 aliphatic carbocycles. The molecule has 1 unspecified atom stereocenters. The van der Waals surface area contributed by atoms with E-state index < -0.39 is 29.9 Å². The molecule has 136 valence electrons. The van der Waals surface area contributed by atoms with Gasteiger partial charge in [0.05, 0.1) is 19.4 Å². The summed E-state index contributed by atoms with van der Waals surface area (Å²) in [5, 5.41) is 11.2. The Morgan fingerprint density at radius 3 is 2.24 bits per heavy atom. The van der Waals surface area contributed by atoms with Gasteiger partial charge in [0.1, 0.15) is 5.75 Å². The molecular formula is C17H21NO7. The van der Waals surface area contributed by atoms with Gasteiger partial charge in [0.15, 0.2) is 0 Å². The molecule has 25 heavy (non-hydrogen) atoms. The van der Waals surface area contributed by atoms with E-state index in [-0.39, 0.29) is 19.4 Å². The highest BCUT2D eigenvalue weighted by atomic mass is 16.5. The highest BCUT2D eigenvalue weighted by molar-refractivity contribution is 5.77. The molecule has 0 saturated carbocycles. The Balaban J connectivity index is 2.40. The van der Waals surface area contributed by atoms with E-state index in [1.54, 1.807) is 24.3 Å². The Labute approximate surface area is 145 Å². The minimum atomic E-state index is -1.11. The Morgan fingerprint density at radius 2 is 1.72 bits per heavy atom. The first-order valence-corrected chi connectivity index (χ1v) is 7.68. The van der Waals surface area contributed by atoms with Crippen LogP contribution < -0.4 is 10.1 Å². The van der Waals surface area contributed by atoms with Crippen LogP contribution in [-0.4, -0.2) is 41.6 Å². The standard InChI is InChI=1S/C17H21NO7/c1-11(19)18-14(9-16(21)22)10-17(23)24-8-7-13-3-5-15(6-4-13)25-12(2)20/h3-6,14H,7-10H2,1-2H3,(H,18,19)(H,21,22). The van der Waals surface area contributed by atoms with Gasteiger partial charge < -0.3 is 19.9 Å². The van der Waals surface area contributed by atoms with Gasteiger partial charge in [0, 0.05) is 26.3 Å². The predicted octanol–water partition coefficient (Wildman–Crippen LogP) is 1.07. The maximum Gasteiger partial charge on any atom is 0.308 e. The lowest BCUT2D eigenvalue weighted by atomic mass is 10.1. The first-order chi connectivity index (χ1) is 11.8. The van der Waals surface area contributed by atoms with E-state index >= 15 is 0 Å². The van der Waals surface area contributed by atoms with Crippen molar-refractivity contribution < 1.29 is 33.8 Å².